The summed E-state index contributed by atoms with van der Waals surface area (Å²) >= 11 is 7.38. The number of benzene rings is 2. The molecule has 0 N–H and O–H groups in total. The van der Waals surface area contributed by atoms with Crippen molar-refractivity contribution in [2.45, 2.75) is 30.5 Å². The zero-order valence-electron chi connectivity index (χ0n) is 15.3. The van der Waals surface area contributed by atoms with Gasteiger partial charge in [-0.1, -0.05) is 46.6 Å². The third-order valence-corrected chi connectivity index (χ3v) is 5.35. The highest BCUT2D eigenvalue weighted by atomic mass is 35.5. The van der Waals surface area contributed by atoms with Crippen LogP contribution in [0, 0.1) is 6.92 Å². The summed E-state index contributed by atoms with van der Waals surface area (Å²) in [5.41, 5.74) is 2.05. The predicted molar refractivity (Wildman–Crippen MR) is 108 cm³/mol. The summed E-state index contributed by atoms with van der Waals surface area (Å²) in [4.78, 5) is 19.6. The zero-order valence-corrected chi connectivity index (χ0v) is 16.9. The van der Waals surface area contributed by atoms with Crippen LogP contribution in [-0.4, -0.2) is 33.2 Å². The molecule has 3 aromatic rings. The molecular weight excluding hydrogens is 382 g/mol. The number of thioether (sulfide) groups is 1. The van der Waals surface area contributed by atoms with Crippen LogP contribution in [0.2, 0.25) is 5.02 Å². The molecule has 0 fully saturated rings. The number of carbonyl (C=O) groups excluding carboxylic acids is 1. The van der Waals surface area contributed by atoms with Gasteiger partial charge in [0.1, 0.15) is 0 Å². The minimum Gasteiger partial charge on any atom is -0.337 e. The van der Waals surface area contributed by atoms with E-state index in [1.807, 2.05) is 62.4 Å². The van der Waals surface area contributed by atoms with Crippen LogP contribution in [0.1, 0.15) is 18.4 Å². The Hall–Kier alpha value is -2.31. The van der Waals surface area contributed by atoms with Gasteiger partial charge in [0.2, 0.25) is 17.6 Å². The van der Waals surface area contributed by atoms with Crippen molar-refractivity contribution in [1.29, 1.82) is 0 Å². The second kappa shape index (κ2) is 8.59. The molecule has 0 unspecified atom stereocenters. The molecule has 0 aliphatic carbocycles. The Labute approximate surface area is 167 Å². The molecule has 2 aromatic carbocycles. The number of amides is 1. The van der Waals surface area contributed by atoms with E-state index in [9.17, 15) is 4.79 Å². The van der Waals surface area contributed by atoms with Crippen molar-refractivity contribution in [1.82, 2.24) is 15.0 Å². The number of carbonyl (C=O) groups is 1. The van der Waals surface area contributed by atoms with E-state index in [-0.39, 0.29) is 17.7 Å². The molecule has 0 bridgehead atoms. The largest absolute Gasteiger partial charge is 0.337 e. The SMILES string of the molecule is Cc1ccc(-c2noc(CN(C)C(=O)[C@@H](C)Sc3ccc(Cl)cc3)n2)cc1. The molecule has 0 aliphatic heterocycles. The maximum atomic E-state index is 12.6. The summed E-state index contributed by atoms with van der Waals surface area (Å²) in [6, 6.07) is 15.3. The Morgan fingerprint density at radius 3 is 2.52 bits per heavy atom. The van der Waals surface area contributed by atoms with Crippen LogP contribution in [-0.2, 0) is 11.3 Å². The van der Waals surface area contributed by atoms with Crippen LogP contribution in [0.15, 0.2) is 57.9 Å². The van der Waals surface area contributed by atoms with E-state index in [4.69, 9.17) is 16.1 Å². The first-order valence-corrected chi connectivity index (χ1v) is 9.75. The van der Waals surface area contributed by atoms with Crippen LogP contribution >= 0.6 is 23.4 Å². The van der Waals surface area contributed by atoms with Crippen molar-refractivity contribution < 1.29 is 9.32 Å². The molecular formula is C20H20ClN3O2S. The number of aromatic nitrogens is 2. The fraction of sp³-hybridized carbons (Fsp3) is 0.250. The average molecular weight is 402 g/mol. The van der Waals surface area contributed by atoms with Gasteiger partial charge in [-0.3, -0.25) is 4.79 Å². The molecule has 1 aromatic heterocycles. The maximum Gasteiger partial charge on any atom is 0.246 e. The summed E-state index contributed by atoms with van der Waals surface area (Å²) in [6.45, 7) is 4.17. The highest BCUT2D eigenvalue weighted by Gasteiger charge is 2.21. The Bertz CT molecular complexity index is 910. The summed E-state index contributed by atoms with van der Waals surface area (Å²) in [6.07, 6.45) is 0. The molecule has 0 saturated carbocycles. The number of hydrogen-bond acceptors (Lipinski definition) is 5. The molecule has 140 valence electrons. The Kier molecular flexibility index (Phi) is 6.19. The Balaban J connectivity index is 1.60. The summed E-state index contributed by atoms with van der Waals surface area (Å²) in [5, 5.41) is 4.44. The number of nitrogens with zero attached hydrogens (tertiary/aromatic N) is 3. The summed E-state index contributed by atoms with van der Waals surface area (Å²) < 4.78 is 5.30. The van der Waals surface area contributed by atoms with E-state index in [0.717, 1.165) is 10.5 Å². The van der Waals surface area contributed by atoms with E-state index in [1.54, 1.807) is 11.9 Å². The summed E-state index contributed by atoms with van der Waals surface area (Å²) in [7, 11) is 1.73. The first-order valence-electron chi connectivity index (χ1n) is 8.49. The molecule has 1 amide bonds. The lowest BCUT2D eigenvalue weighted by molar-refractivity contribution is -0.129. The van der Waals surface area contributed by atoms with Crippen LogP contribution < -0.4 is 0 Å². The molecule has 7 heteroatoms. The lowest BCUT2D eigenvalue weighted by atomic mass is 10.1. The second-order valence-electron chi connectivity index (χ2n) is 6.29. The van der Waals surface area contributed by atoms with E-state index >= 15 is 0 Å². The molecule has 0 aliphatic rings. The van der Waals surface area contributed by atoms with Crippen LogP contribution in [0.3, 0.4) is 0 Å². The molecule has 27 heavy (non-hydrogen) atoms. The molecule has 3 rings (SSSR count). The normalized spacial score (nSPS) is 12.0. The van der Waals surface area contributed by atoms with Crippen molar-refractivity contribution in [3.63, 3.8) is 0 Å². The minimum absolute atomic E-state index is 0.00923. The van der Waals surface area contributed by atoms with Gasteiger partial charge in [0.05, 0.1) is 11.8 Å². The minimum atomic E-state index is -0.240. The first-order chi connectivity index (χ1) is 12.9. The van der Waals surface area contributed by atoms with Crippen molar-refractivity contribution in [3.05, 3.63) is 65.0 Å². The van der Waals surface area contributed by atoms with Crippen molar-refractivity contribution >= 4 is 29.3 Å². The van der Waals surface area contributed by atoms with Gasteiger partial charge >= 0.3 is 0 Å². The lowest BCUT2D eigenvalue weighted by Gasteiger charge is -2.19. The third-order valence-electron chi connectivity index (χ3n) is 4.00. The van der Waals surface area contributed by atoms with Gasteiger partial charge in [0.15, 0.2) is 0 Å². The van der Waals surface area contributed by atoms with Crippen LogP contribution in [0.5, 0.6) is 0 Å². The van der Waals surface area contributed by atoms with Gasteiger partial charge in [-0.05, 0) is 38.1 Å². The number of hydrogen-bond donors (Lipinski definition) is 0. The number of rotatable bonds is 6. The fourth-order valence-corrected chi connectivity index (χ4v) is 3.61. The van der Waals surface area contributed by atoms with Crippen molar-refractivity contribution in [3.8, 4) is 11.4 Å². The van der Waals surface area contributed by atoms with Crippen LogP contribution in [0.4, 0.5) is 0 Å². The highest BCUT2D eigenvalue weighted by Crippen LogP contribution is 2.26. The van der Waals surface area contributed by atoms with E-state index in [2.05, 4.69) is 10.1 Å². The molecule has 1 heterocycles. The first kappa shape index (κ1) is 19.5. The molecule has 0 radical (unpaired) electrons. The fourth-order valence-electron chi connectivity index (χ4n) is 2.50. The highest BCUT2D eigenvalue weighted by molar-refractivity contribution is 8.00. The Morgan fingerprint density at radius 1 is 1.19 bits per heavy atom. The van der Waals surface area contributed by atoms with E-state index in [1.165, 1.54) is 17.3 Å². The van der Waals surface area contributed by atoms with Gasteiger partial charge in [0.25, 0.3) is 0 Å². The van der Waals surface area contributed by atoms with Gasteiger partial charge in [-0.15, -0.1) is 11.8 Å². The van der Waals surface area contributed by atoms with Gasteiger partial charge in [-0.2, -0.15) is 4.98 Å². The number of halogens is 1. The number of aryl methyl sites for hydroxylation is 1. The molecule has 1 atom stereocenters. The van der Waals surface area contributed by atoms with Crippen LogP contribution in [0.25, 0.3) is 11.4 Å². The second-order valence-corrected chi connectivity index (χ2v) is 8.14. The van der Waals surface area contributed by atoms with Gasteiger partial charge in [0, 0.05) is 22.5 Å². The quantitative estimate of drug-likeness (QED) is 0.553. The molecule has 0 spiro atoms. The van der Waals surface area contributed by atoms with Crippen molar-refractivity contribution in [2.24, 2.45) is 0 Å². The van der Waals surface area contributed by atoms with E-state index in [0.29, 0.717) is 16.7 Å². The monoisotopic (exact) mass is 401 g/mol. The standard InChI is InChI=1S/C20H20ClN3O2S/c1-13-4-6-15(7-5-13)19-22-18(26-23-19)12-24(3)20(25)14(2)27-17-10-8-16(21)9-11-17/h4-11,14H,12H2,1-3H3/t14-/m1/s1. The lowest BCUT2D eigenvalue weighted by Crippen LogP contribution is -2.32. The smallest absolute Gasteiger partial charge is 0.246 e. The maximum absolute atomic E-state index is 12.6. The predicted octanol–water partition coefficient (Wildman–Crippen LogP) is 4.84. The summed E-state index contributed by atoms with van der Waals surface area (Å²) in [5.74, 6) is 0.921. The third kappa shape index (κ3) is 5.11. The zero-order chi connectivity index (χ0) is 19.4. The molecule has 0 saturated heterocycles. The van der Waals surface area contributed by atoms with Gasteiger partial charge in [-0.25, -0.2) is 0 Å². The average Bonchev–Trinajstić information content (AvgIpc) is 3.12. The molecule has 5 nitrogen and oxygen atoms in total. The van der Waals surface area contributed by atoms with E-state index < -0.39 is 0 Å². The van der Waals surface area contributed by atoms with Gasteiger partial charge < -0.3 is 9.42 Å². The topological polar surface area (TPSA) is 59.2 Å². The van der Waals surface area contributed by atoms with Crippen molar-refractivity contribution in [2.75, 3.05) is 7.05 Å². The Morgan fingerprint density at radius 2 is 1.85 bits per heavy atom.